The summed E-state index contributed by atoms with van der Waals surface area (Å²) < 4.78 is 25.4. The van der Waals surface area contributed by atoms with Crippen molar-refractivity contribution in [1.29, 1.82) is 0 Å². The zero-order chi connectivity index (χ0) is 18.7. The van der Waals surface area contributed by atoms with Gasteiger partial charge in [-0.1, -0.05) is 42.5 Å². The van der Waals surface area contributed by atoms with Crippen LogP contribution in [-0.4, -0.2) is 44.8 Å². The summed E-state index contributed by atoms with van der Waals surface area (Å²) in [7, 11) is -1.28. The molecule has 1 heterocycles. The molecule has 0 amide bonds. The third-order valence-electron chi connectivity index (χ3n) is 4.74. The summed E-state index contributed by atoms with van der Waals surface area (Å²) in [6.45, 7) is 1.81. The third kappa shape index (κ3) is 4.44. The molecule has 0 bridgehead atoms. The van der Waals surface area contributed by atoms with E-state index >= 15 is 0 Å². The highest BCUT2D eigenvalue weighted by atomic mass is 32.2. The summed E-state index contributed by atoms with van der Waals surface area (Å²) >= 11 is 0. The second-order valence-corrected chi connectivity index (χ2v) is 8.93. The molecule has 0 unspecified atom stereocenters. The predicted molar refractivity (Wildman–Crippen MR) is 105 cm³/mol. The van der Waals surface area contributed by atoms with Gasteiger partial charge in [-0.25, -0.2) is 8.42 Å². The number of hydrogen-bond acceptors (Lipinski definition) is 4. The van der Waals surface area contributed by atoms with Crippen LogP contribution in [0.3, 0.4) is 0 Å². The van der Waals surface area contributed by atoms with Gasteiger partial charge in [-0.2, -0.15) is 0 Å². The number of aliphatic hydroxyl groups excluding tert-OH is 1. The van der Waals surface area contributed by atoms with Crippen LogP contribution in [0.1, 0.15) is 29.2 Å². The minimum Gasteiger partial charge on any atom is -0.387 e. The minimum atomic E-state index is -3.26. The van der Waals surface area contributed by atoms with E-state index in [4.69, 9.17) is 0 Å². The molecular formula is C20H26N2O3S. The van der Waals surface area contributed by atoms with Gasteiger partial charge < -0.3 is 5.11 Å². The Hall–Kier alpha value is -1.89. The number of fused-ring (bicyclic) bond motifs is 1. The van der Waals surface area contributed by atoms with Crippen LogP contribution in [0.5, 0.6) is 0 Å². The molecule has 1 atom stereocenters. The van der Waals surface area contributed by atoms with Gasteiger partial charge in [0, 0.05) is 19.6 Å². The molecular weight excluding hydrogens is 348 g/mol. The highest BCUT2D eigenvalue weighted by molar-refractivity contribution is 7.92. The quantitative estimate of drug-likeness (QED) is 0.844. The van der Waals surface area contributed by atoms with Crippen LogP contribution in [0.4, 0.5) is 5.69 Å². The van der Waals surface area contributed by atoms with Crippen molar-refractivity contribution in [2.45, 2.75) is 25.5 Å². The number of benzene rings is 2. The summed E-state index contributed by atoms with van der Waals surface area (Å²) in [5.74, 6) is 0. The van der Waals surface area contributed by atoms with Crippen molar-refractivity contribution in [2.24, 2.45) is 0 Å². The van der Waals surface area contributed by atoms with Crippen molar-refractivity contribution < 1.29 is 13.5 Å². The molecule has 2 aromatic carbocycles. The molecule has 0 spiro atoms. The van der Waals surface area contributed by atoms with Crippen molar-refractivity contribution in [2.75, 3.05) is 30.7 Å². The maximum Gasteiger partial charge on any atom is 0.232 e. The van der Waals surface area contributed by atoms with Crippen molar-refractivity contribution in [3.8, 4) is 0 Å². The van der Waals surface area contributed by atoms with Gasteiger partial charge in [-0.15, -0.1) is 0 Å². The van der Waals surface area contributed by atoms with E-state index in [9.17, 15) is 13.5 Å². The maximum atomic E-state index is 12.0. The van der Waals surface area contributed by atoms with Crippen LogP contribution in [0.25, 0.3) is 0 Å². The molecule has 3 rings (SSSR count). The van der Waals surface area contributed by atoms with Gasteiger partial charge in [0.25, 0.3) is 0 Å². The molecule has 140 valence electrons. The Balaban J connectivity index is 1.71. The lowest BCUT2D eigenvalue weighted by molar-refractivity contribution is 0.124. The van der Waals surface area contributed by atoms with Crippen molar-refractivity contribution in [3.63, 3.8) is 0 Å². The van der Waals surface area contributed by atoms with Crippen LogP contribution in [0.15, 0.2) is 48.5 Å². The number of rotatable bonds is 6. The fourth-order valence-corrected chi connectivity index (χ4v) is 4.49. The fraction of sp³-hybridized carbons (Fsp3) is 0.400. The zero-order valence-electron chi connectivity index (χ0n) is 15.3. The number of hydrogen-bond donors (Lipinski definition) is 1. The van der Waals surface area contributed by atoms with Crippen LogP contribution < -0.4 is 4.31 Å². The van der Waals surface area contributed by atoms with E-state index in [1.807, 2.05) is 43.4 Å². The zero-order valence-corrected chi connectivity index (χ0v) is 16.1. The lowest BCUT2D eigenvalue weighted by Crippen LogP contribution is -2.34. The first kappa shape index (κ1) is 18.9. The molecule has 1 aliphatic rings. The fourth-order valence-electron chi connectivity index (χ4n) is 3.49. The average molecular weight is 375 g/mol. The summed E-state index contributed by atoms with van der Waals surface area (Å²) in [6, 6.07) is 15.8. The van der Waals surface area contributed by atoms with Crippen molar-refractivity contribution >= 4 is 15.7 Å². The van der Waals surface area contributed by atoms with Gasteiger partial charge in [0.2, 0.25) is 10.0 Å². The first-order valence-corrected chi connectivity index (χ1v) is 10.7. The first-order chi connectivity index (χ1) is 12.3. The largest absolute Gasteiger partial charge is 0.387 e. The molecule has 0 aliphatic carbocycles. The molecule has 6 heteroatoms. The van der Waals surface area contributed by atoms with Crippen LogP contribution in [0, 0.1) is 0 Å². The summed E-state index contributed by atoms with van der Waals surface area (Å²) in [4.78, 5) is 2.09. The van der Waals surface area contributed by atoms with E-state index in [1.54, 1.807) is 0 Å². The normalized spacial score (nSPS) is 15.8. The number of aliphatic hydroxyl groups is 1. The van der Waals surface area contributed by atoms with Gasteiger partial charge in [0.05, 0.1) is 18.0 Å². The lowest BCUT2D eigenvalue weighted by atomic mass is 9.98. The Morgan fingerprint density at radius 1 is 1.19 bits per heavy atom. The molecule has 26 heavy (non-hydrogen) atoms. The summed E-state index contributed by atoms with van der Waals surface area (Å²) in [6.07, 6.45) is 2.27. The van der Waals surface area contributed by atoms with Crippen LogP contribution in [-0.2, 0) is 23.0 Å². The van der Waals surface area contributed by atoms with Gasteiger partial charge in [-0.05, 0) is 42.6 Å². The third-order valence-corrected chi connectivity index (χ3v) is 5.92. The van der Waals surface area contributed by atoms with E-state index in [1.165, 1.54) is 16.1 Å². The smallest absolute Gasteiger partial charge is 0.232 e. The molecule has 0 saturated heterocycles. The Morgan fingerprint density at radius 2 is 1.92 bits per heavy atom. The second kappa shape index (κ2) is 7.78. The molecule has 0 saturated carbocycles. The molecule has 0 fully saturated rings. The SMILES string of the molecule is CN(Cc1ccccc1)C[C@@H](O)c1ccc2c(c1)CCCN2S(C)(=O)=O. The van der Waals surface area contributed by atoms with E-state index in [0.717, 1.165) is 36.2 Å². The molecule has 1 N–H and O–H groups in total. The van der Waals surface area contributed by atoms with E-state index in [2.05, 4.69) is 17.0 Å². The first-order valence-electron chi connectivity index (χ1n) is 8.85. The maximum absolute atomic E-state index is 12.0. The highest BCUT2D eigenvalue weighted by Gasteiger charge is 2.24. The lowest BCUT2D eigenvalue weighted by Gasteiger charge is -2.30. The molecule has 1 aliphatic heterocycles. The Morgan fingerprint density at radius 3 is 2.62 bits per heavy atom. The van der Waals surface area contributed by atoms with Gasteiger partial charge in [-0.3, -0.25) is 9.21 Å². The average Bonchev–Trinajstić information content (AvgIpc) is 2.60. The van der Waals surface area contributed by atoms with E-state index < -0.39 is 16.1 Å². The van der Waals surface area contributed by atoms with Crippen molar-refractivity contribution in [3.05, 3.63) is 65.2 Å². The summed E-state index contributed by atoms with van der Waals surface area (Å²) in [5.41, 5.74) is 3.77. The monoisotopic (exact) mass is 374 g/mol. The Bertz CT molecular complexity index is 853. The highest BCUT2D eigenvalue weighted by Crippen LogP contribution is 2.31. The molecule has 5 nitrogen and oxygen atoms in total. The molecule has 0 radical (unpaired) electrons. The minimum absolute atomic E-state index is 0.517. The van der Waals surface area contributed by atoms with Gasteiger partial charge in [0.15, 0.2) is 0 Å². The van der Waals surface area contributed by atoms with E-state index in [0.29, 0.717) is 13.1 Å². The Labute approximate surface area is 155 Å². The number of anilines is 1. The second-order valence-electron chi connectivity index (χ2n) is 7.02. The van der Waals surface area contributed by atoms with Crippen molar-refractivity contribution in [1.82, 2.24) is 4.90 Å². The number of nitrogens with zero attached hydrogens (tertiary/aromatic N) is 2. The molecule has 2 aromatic rings. The standard InChI is InChI=1S/C20H26N2O3S/c1-21(14-16-7-4-3-5-8-16)15-20(23)18-10-11-19-17(13-18)9-6-12-22(19)26(2,24)25/h3-5,7-8,10-11,13,20,23H,6,9,12,14-15H2,1-2H3/t20-/m1/s1. The predicted octanol–water partition coefficient (Wildman–Crippen LogP) is 2.56. The van der Waals surface area contributed by atoms with Crippen LogP contribution in [0.2, 0.25) is 0 Å². The molecule has 0 aromatic heterocycles. The van der Waals surface area contributed by atoms with E-state index in [-0.39, 0.29) is 0 Å². The number of aryl methyl sites for hydroxylation is 1. The number of likely N-dealkylation sites (N-methyl/N-ethyl adjacent to an activating group) is 1. The van der Waals surface area contributed by atoms with Crippen LogP contribution >= 0.6 is 0 Å². The summed E-state index contributed by atoms with van der Waals surface area (Å²) in [5, 5.41) is 10.6. The topological polar surface area (TPSA) is 60.9 Å². The van der Waals surface area contributed by atoms with Gasteiger partial charge >= 0.3 is 0 Å². The van der Waals surface area contributed by atoms with Gasteiger partial charge in [0.1, 0.15) is 0 Å². The number of sulfonamides is 1. The Kier molecular flexibility index (Phi) is 5.65.